The van der Waals surface area contributed by atoms with Crippen LogP contribution in [0.5, 0.6) is 5.88 Å². The van der Waals surface area contributed by atoms with Crippen LogP contribution in [-0.4, -0.2) is 46.0 Å². The Balaban J connectivity index is 1.63. The smallest absolute Gasteiger partial charge is 0.405 e. The van der Waals surface area contributed by atoms with Crippen molar-refractivity contribution in [2.75, 3.05) is 13.7 Å². The van der Waals surface area contributed by atoms with Crippen molar-refractivity contribution < 1.29 is 23.8 Å². The first-order valence-corrected chi connectivity index (χ1v) is 8.78. The predicted octanol–water partition coefficient (Wildman–Crippen LogP) is 3.14. The molecule has 142 valence electrons. The second-order valence-corrected chi connectivity index (χ2v) is 7.14. The van der Waals surface area contributed by atoms with E-state index < -0.39 is 23.1 Å². The zero-order valence-electron chi connectivity index (χ0n) is 14.9. The lowest BCUT2D eigenvalue weighted by Crippen LogP contribution is -2.62. The van der Waals surface area contributed by atoms with Gasteiger partial charge in [-0.2, -0.15) is 0 Å². The van der Waals surface area contributed by atoms with Crippen molar-refractivity contribution >= 4 is 23.2 Å². The number of rotatable bonds is 4. The molecular formula is C19H20FN3O4. The molecule has 2 aromatic heterocycles. The third-order valence-corrected chi connectivity index (χ3v) is 5.50. The minimum Gasteiger partial charge on any atom is -0.481 e. The highest BCUT2D eigenvalue weighted by atomic mass is 19.1. The Morgan fingerprint density at radius 2 is 2.15 bits per heavy atom. The van der Waals surface area contributed by atoms with Gasteiger partial charge in [-0.3, -0.25) is 4.98 Å². The second kappa shape index (κ2) is 6.45. The molecule has 2 bridgehead atoms. The number of aromatic nitrogens is 2. The molecule has 0 aromatic carbocycles. The molecule has 1 amide bonds. The fourth-order valence-corrected chi connectivity index (χ4v) is 3.88. The highest BCUT2D eigenvalue weighted by molar-refractivity contribution is 5.84. The summed E-state index contributed by atoms with van der Waals surface area (Å²) in [5, 5.41) is 11.6. The van der Waals surface area contributed by atoms with Crippen LogP contribution < -0.4 is 10.1 Å². The van der Waals surface area contributed by atoms with Crippen molar-refractivity contribution in [3.05, 3.63) is 35.8 Å². The number of nitrogens with zero attached hydrogens (tertiary/aromatic N) is 2. The summed E-state index contributed by atoms with van der Waals surface area (Å²) in [6.07, 6.45) is 6.43. The summed E-state index contributed by atoms with van der Waals surface area (Å²) in [5.74, 6) is -0.0803. The molecule has 4 heterocycles. The molecule has 0 atom stereocenters. The van der Waals surface area contributed by atoms with Gasteiger partial charge in [0.25, 0.3) is 0 Å². The molecule has 0 unspecified atom stereocenters. The molecule has 3 fully saturated rings. The number of carbonyl (C=O) groups is 1. The lowest BCUT2D eigenvalue weighted by Gasteiger charge is -2.51. The molecule has 3 aliphatic rings. The SMILES string of the molecule is COc1ccc2ncc(F)c(/C=C/C34CCC(NC(=O)O)(CC3)CO4)c2n1. The van der Waals surface area contributed by atoms with Crippen LogP contribution in [0.2, 0.25) is 0 Å². The number of hydrogen-bond acceptors (Lipinski definition) is 5. The Hall–Kier alpha value is -2.74. The summed E-state index contributed by atoms with van der Waals surface area (Å²) in [6.45, 7) is 0.315. The molecule has 2 aliphatic heterocycles. The number of methoxy groups -OCH3 is 1. The number of fused-ring (bicyclic) bond motifs is 4. The molecule has 1 saturated carbocycles. The third kappa shape index (κ3) is 3.21. The average molecular weight is 373 g/mol. The number of carboxylic acid groups (broad SMARTS) is 1. The van der Waals surface area contributed by atoms with Crippen LogP contribution in [0.4, 0.5) is 9.18 Å². The normalized spacial score (nSPS) is 27.2. The summed E-state index contributed by atoms with van der Waals surface area (Å²) >= 11 is 0. The van der Waals surface area contributed by atoms with Crippen molar-refractivity contribution in [1.29, 1.82) is 0 Å². The van der Waals surface area contributed by atoms with Crippen molar-refractivity contribution in [3.63, 3.8) is 0 Å². The van der Waals surface area contributed by atoms with Crippen molar-refractivity contribution in [2.45, 2.75) is 36.8 Å². The van der Waals surface area contributed by atoms with E-state index in [0.29, 0.717) is 54.8 Å². The molecule has 2 saturated heterocycles. The summed E-state index contributed by atoms with van der Waals surface area (Å²) in [7, 11) is 1.50. The summed E-state index contributed by atoms with van der Waals surface area (Å²) in [4.78, 5) is 19.4. The maximum Gasteiger partial charge on any atom is 0.405 e. The minimum atomic E-state index is -1.03. The van der Waals surface area contributed by atoms with E-state index in [1.807, 2.05) is 6.08 Å². The minimum absolute atomic E-state index is 0.315. The number of nitrogens with one attached hydrogen (secondary N) is 1. The largest absolute Gasteiger partial charge is 0.481 e. The van der Waals surface area contributed by atoms with Crippen molar-refractivity contribution in [1.82, 2.24) is 15.3 Å². The van der Waals surface area contributed by atoms with E-state index in [4.69, 9.17) is 14.6 Å². The maximum absolute atomic E-state index is 14.4. The van der Waals surface area contributed by atoms with E-state index in [0.717, 1.165) is 0 Å². The fraction of sp³-hybridized carbons (Fsp3) is 0.421. The highest BCUT2D eigenvalue weighted by Gasteiger charge is 2.49. The summed E-state index contributed by atoms with van der Waals surface area (Å²) in [5.41, 5.74) is 0.319. The molecule has 2 N–H and O–H groups in total. The Bertz CT molecular complexity index is 906. The van der Waals surface area contributed by atoms with E-state index in [2.05, 4.69) is 15.3 Å². The monoisotopic (exact) mass is 373 g/mol. The van der Waals surface area contributed by atoms with E-state index in [-0.39, 0.29) is 0 Å². The molecule has 8 heteroatoms. The Morgan fingerprint density at radius 3 is 2.78 bits per heavy atom. The van der Waals surface area contributed by atoms with Gasteiger partial charge in [0, 0.05) is 11.6 Å². The molecule has 1 aliphatic carbocycles. The van der Waals surface area contributed by atoms with Crippen LogP contribution >= 0.6 is 0 Å². The first-order chi connectivity index (χ1) is 12.9. The van der Waals surface area contributed by atoms with Gasteiger partial charge in [0.2, 0.25) is 5.88 Å². The molecule has 0 spiro atoms. The van der Waals surface area contributed by atoms with Crippen LogP contribution in [0.15, 0.2) is 24.4 Å². The van der Waals surface area contributed by atoms with Crippen LogP contribution in [0, 0.1) is 5.82 Å². The molecule has 2 aromatic rings. The van der Waals surface area contributed by atoms with E-state index in [1.54, 1.807) is 18.2 Å². The summed E-state index contributed by atoms with van der Waals surface area (Å²) in [6, 6.07) is 3.42. The number of ether oxygens (including phenoxy) is 2. The van der Waals surface area contributed by atoms with Crippen LogP contribution in [0.25, 0.3) is 17.1 Å². The van der Waals surface area contributed by atoms with Gasteiger partial charge in [0.1, 0.15) is 5.52 Å². The lowest BCUT2D eigenvalue weighted by molar-refractivity contribution is -0.131. The highest BCUT2D eigenvalue weighted by Crippen LogP contribution is 2.44. The molecule has 0 radical (unpaired) electrons. The van der Waals surface area contributed by atoms with Gasteiger partial charge in [-0.15, -0.1) is 0 Å². The topological polar surface area (TPSA) is 93.6 Å². The first-order valence-electron chi connectivity index (χ1n) is 8.78. The standard InChI is InChI=1S/C19H20FN3O4/c1-26-15-3-2-14-16(22-15)12(13(20)10-21-14)4-5-19-8-6-18(7-9-19,11-27-19)23-17(24)25/h2-5,10,23H,6-9,11H2,1H3,(H,24,25)/b5-4+. The van der Waals surface area contributed by atoms with Crippen molar-refractivity contribution in [2.24, 2.45) is 0 Å². The van der Waals surface area contributed by atoms with Gasteiger partial charge in [0.15, 0.2) is 5.82 Å². The first kappa shape index (κ1) is 17.7. The van der Waals surface area contributed by atoms with E-state index >= 15 is 0 Å². The van der Waals surface area contributed by atoms with Gasteiger partial charge >= 0.3 is 6.09 Å². The van der Waals surface area contributed by atoms with Gasteiger partial charge < -0.3 is 19.9 Å². The number of pyridine rings is 2. The molecule has 27 heavy (non-hydrogen) atoms. The third-order valence-electron chi connectivity index (χ3n) is 5.50. The van der Waals surface area contributed by atoms with Crippen molar-refractivity contribution in [3.8, 4) is 5.88 Å². The predicted molar refractivity (Wildman–Crippen MR) is 96.1 cm³/mol. The average Bonchev–Trinajstić information content (AvgIpc) is 2.67. The summed E-state index contributed by atoms with van der Waals surface area (Å²) < 4.78 is 25.6. The van der Waals surface area contributed by atoms with E-state index in [1.165, 1.54) is 13.3 Å². The molecule has 5 rings (SSSR count). The Kier molecular flexibility index (Phi) is 4.22. The number of hydrogen-bond donors (Lipinski definition) is 2. The van der Waals surface area contributed by atoms with Crippen LogP contribution in [-0.2, 0) is 4.74 Å². The van der Waals surface area contributed by atoms with Gasteiger partial charge in [-0.1, -0.05) is 12.2 Å². The maximum atomic E-state index is 14.4. The number of amides is 1. The van der Waals surface area contributed by atoms with Gasteiger partial charge in [0.05, 0.1) is 36.6 Å². The van der Waals surface area contributed by atoms with E-state index in [9.17, 15) is 9.18 Å². The van der Waals surface area contributed by atoms with Crippen LogP contribution in [0.1, 0.15) is 31.2 Å². The van der Waals surface area contributed by atoms with Crippen LogP contribution in [0.3, 0.4) is 0 Å². The zero-order chi connectivity index (χ0) is 19.1. The molecule has 7 nitrogen and oxygen atoms in total. The van der Waals surface area contributed by atoms with Gasteiger partial charge in [-0.05, 0) is 31.7 Å². The second-order valence-electron chi connectivity index (χ2n) is 7.14. The lowest BCUT2D eigenvalue weighted by atomic mass is 9.71. The quantitative estimate of drug-likeness (QED) is 0.855. The zero-order valence-corrected chi connectivity index (χ0v) is 14.9. The Morgan fingerprint density at radius 1 is 1.37 bits per heavy atom. The van der Waals surface area contributed by atoms with Gasteiger partial charge in [-0.25, -0.2) is 14.2 Å². The fourth-order valence-electron chi connectivity index (χ4n) is 3.88. The molecular weight excluding hydrogens is 353 g/mol. The number of halogens is 1. The Labute approximate surface area is 155 Å².